The topological polar surface area (TPSA) is 109 Å². The number of nitrogens with one attached hydrogen (secondary N) is 3. The number of hydrogen-bond acceptors (Lipinski definition) is 5. The second-order valence-corrected chi connectivity index (χ2v) is 6.04. The number of benzene rings is 1. The highest BCUT2D eigenvalue weighted by molar-refractivity contribution is 6.05. The van der Waals surface area contributed by atoms with E-state index < -0.39 is 0 Å². The molecule has 0 aliphatic rings. The Morgan fingerprint density at radius 1 is 1.18 bits per heavy atom. The zero-order valence-electron chi connectivity index (χ0n) is 15.7. The first-order valence-corrected chi connectivity index (χ1v) is 8.76. The molecule has 0 bridgehead atoms. The summed E-state index contributed by atoms with van der Waals surface area (Å²) in [7, 11) is 1.52. The highest BCUT2D eigenvalue weighted by Gasteiger charge is 2.18. The molecule has 3 rings (SSSR count). The van der Waals surface area contributed by atoms with Gasteiger partial charge < -0.3 is 15.4 Å². The van der Waals surface area contributed by atoms with Crippen molar-refractivity contribution in [2.45, 2.75) is 6.92 Å². The van der Waals surface area contributed by atoms with E-state index in [1.54, 1.807) is 24.5 Å². The highest BCUT2D eigenvalue weighted by Crippen LogP contribution is 2.32. The van der Waals surface area contributed by atoms with E-state index in [0.29, 0.717) is 30.1 Å². The number of aromatic nitrogens is 3. The van der Waals surface area contributed by atoms with Crippen molar-refractivity contribution in [3.8, 4) is 5.75 Å². The van der Waals surface area contributed by atoms with Gasteiger partial charge >= 0.3 is 0 Å². The lowest BCUT2D eigenvalue weighted by Gasteiger charge is -2.11. The molecule has 0 aliphatic carbocycles. The van der Waals surface area contributed by atoms with Crippen LogP contribution in [0.4, 0.5) is 0 Å². The van der Waals surface area contributed by atoms with Crippen molar-refractivity contribution in [3.63, 3.8) is 0 Å². The number of fused-ring (bicyclic) bond motifs is 1. The molecule has 3 N–H and O–H groups in total. The number of carbonyl (C=O) groups excluding carboxylic acids is 2. The molecule has 3 aromatic rings. The van der Waals surface area contributed by atoms with Crippen molar-refractivity contribution in [2.24, 2.45) is 0 Å². The Balaban J connectivity index is 1.87. The van der Waals surface area contributed by atoms with Gasteiger partial charge in [-0.1, -0.05) is 12.1 Å². The monoisotopic (exact) mass is 379 g/mol. The zero-order chi connectivity index (χ0) is 19.9. The Morgan fingerprint density at radius 2 is 2.00 bits per heavy atom. The van der Waals surface area contributed by atoms with Crippen LogP contribution in [-0.2, 0) is 4.79 Å². The minimum atomic E-state index is -0.285. The Hall–Kier alpha value is -3.68. The molecule has 28 heavy (non-hydrogen) atoms. The molecular weight excluding hydrogens is 358 g/mol. The fraction of sp³-hybridized carbons (Fsp3) is 0.200. The Morgan fingerprint density at radius 3 is 2.71 bits per heavy atom. The molecule has 144 valence electrons. The van der Waals surface area contributed by atoms with Crippen LogP contribution in [-0.4, -0.2) is 47.2 Å². The number of ether oxygens (including phenoxy) is 1. The molecular formula is C20H21N5O3. The van der Waals surface area contributed by atoms with Crippen molar-refractivity contribution in [2.75, 3.05) is 20.2 Å². The summed E-state index contributed by atoms with van der Waals surface area (Å²) in [6.45, 7) is 2.10. The summed E-state index contributed by atoms with van der Waals surface area (Å²) in [5.41, 5.74) is 2.75. The third kappa shape index (κ3) is 4.35. The van der Waals surface area contributed by atoms with Crippen molar-refractivity contribution in [3.05, 3.63) is 53.5 Å². The molecule has 2 heterocycles. The van der Waals surface area contributed by atoms with Crippen molar-refractivity contribution >= 4 is 34.9 Å². The van der Waals surface area contributed by atoms with E-state index in [2.05, 4.69) is 25.8 Å². The predicted octanol–water partition coefficient (Wildman–Crippen LogP) is 2.00. The van der Waals surface area contributed by atoms with E-state index in [-0.39, 0.29) is 11.8 Å². The fourth-order valence-electron chi connectivity index (χ4n) is 2.78. The summed E-state index contributed by atoms with van der Waals surface area (Å²) in [6, 6.07) is 7.26. The number of hydrogen-bond donors (Lipinski definition) is 3. The van der Waals surface area contributed by atoms with Gasteiger partial charge in [-0.3, -0.25) is 19.7 Å². The minimum Gasteiger partial charge on any atom is -0.495 e. The van der Waals surface area contributed by atoms with E-state index in [4.69, 9.17) is 4.74 Å². The van der Waals surface area contributed by atoms with Gasteiger partial charge in [-0.15, -0.1) is 0 Å². The molecule has 8 heteroatoms. The van der Waals surface area contributed by atoms with Crippen LogP contribution in [0.25, 0.3) is 23.1 Å². The van der Waals surface area contributed by atoms with Crippen molar-refractivity contribution in [1.29, 1.82) is 0 Å². The number of methoxy groups -OCH3 is 1. The lowest BCUT2D eigenvalue weighted by molar-refractivity contribution is -0.118. The maximum atomic E-state index is 12.6. The van der Waals surface area contributed by atoms with E-state index in [1.807, 2.05) is 24.3 Å². The second-order valence-electron chi connectivity index (χ2n) is 6.04. The van der Waals surface area contributed by atoms with Gasteiger partial charge in [0.2, 0.25) is 5.91 Å². The number of rotatable bonds is 7. The lowest BCUT2D eigenvalue weighted by atomic mass is 10.1. The van der Waals surface area contributed by atoms with E-state index in [0.717, 1.165) is 16.5 Å². The maximum Gasteiger partial charge on any atom is 0.255 e. The molecule has 0 fully saturated rings. The van der Waals surface area contributed by atoms with Gasteiger partial charge in [-0.05, 0) is 29.8 Å². The first-order chi connectivity index (χ1) is 13.6. The maximum absolute atomic E-state index is 12.6. The first-order valence-electron chi connectivity index (χ1n) is 8.76. The molecule has 0 unspecified atom stereocenters. The highest BCUT2D eigenvalue weighted by atomic mass is 16.5. The molecule has 0 saturated carbocycles. The van der Waals surface area contributed by atoms with Crippen LogP contribution < -0.4 is 15.4 Å². The van der Waals surface area contributed by atoms with Crippen LogP contribution in [0.15, 0.2) is 36.7 Å². The average molecular weight is 379 g/mol. The number of aromatic amines is 1. The van der Waals surface area contributed by atoms with Crippen molar-refractivity contribution in [1.82, 2.24) is 25.8 Å². The summed E-state index contributed by atoms with van der Waals surface area (Å²) in [6.07, 6.45) is 7.19. The van der Waals surface area contributed by atoms with Gasteiger partial charge in [0.05, 0.1) is 29.3 Å². The van der Waals surface area contributed by atoms with Crippen LogP contribution in [0.3, 0.4) is 0 Å². The third-order valence-electron chi connectivity index (χ3n) is 4.06. The summed E-state index contributed by atoms with van der Waals surface area (Å²) < 4.78 is 5.54. The molecule has 2 aromatic heterocycles. The average Bonchev–Trinajstić information content (AvgIpc) is 3.12. The van der Waals surface area contributed by atoms with Gasteiger partial charge in [0.25, 0.3) is 5.91 Å². The van der Waals surface area contributed by atoms with Gasteiger partial charge in [0.15, 0.2) is 0 Å². The third-order valence-corrected chi connectivity index (χ3v) is 4.06. The smallest absolute Gasteiger partial charge is 0.255 e. The zero-order valence-corrected chi connectivity index (χ0v) is 15.7. The van der Waals surface area contributed by atoms with Crippen LogP contribution in [0, 0.1) is 0 Å². The SMILES string of the molecule is COc1c(C(=O)NCCNC(C)=O)ccc2[nH]nc(/C=C/c3cccnc3)c12. The van der Waals surface area contributed by atoms with E-state index in [9.17, 15) is 9.59 Å². The summed E-state index contributed by atoms with van der Waals surface area (Å²) in [5, 5.41) is 13.4. The lowest BCUT2D eigenvalue weighted by Crippen LogP contribution is -2.33. The minimum absolute atomic E-state index is 0.142. The Labute approximate surface area is 162 Å². The molecule has 0 atom stereocenters. The van der Waals surface area contributed by atoms with E-state index >= 15 is 0 Å². The van der Waals surface area contributed by atoms with Gasteiger partial charge in [0, 0.05) is 32.4 Å². The molecule has 8 nitrogen and oxygen atoms in total. The Bertz CT molecular complexity index is 1010. The molecule has 1 aromatic carbocycles. The molecule has 0 aliphatic heterocycles. The number of carbonyl (C=O) groups is 2. The number of pyridine rings is 1. The molecule has 2 amide bonds. The van der Waals surface area contributed by atoms with Crippen LogP contribution in [0.5, 0.6) is 5.75 Å². The van der Waals surface area contributed by atoms with E-state index in [1.165, 1.54) is 14.0 Å². The first kappa shape index (κ1) is 19.1. The van der Waals surface area contributed by atoms with Crippen LogP contribution >= 0.6 is 0 Å². The number of amides is 2. The fourth-order valence-corrected chi connectivity index (χ4v) is 2.78. The van der Waals surface area contributed by atoms with Crippen LogP contribution in [0.2, 0.25) is 0 Å². The van der Waals surface area contributed by atoms with Crippen molar-refractivity contribution < 1.29 is 14.3 Å². The Kier molecular flexibility index (Phi) is 6.01. The number of H-pyrrole nitrogens is 1. The molecule has 0 spiro atoms. The van der Waals surface area contributed by atoms with Gasteiger partial charge in [-0.2, -0.15) is 5.10 Å². The summed E-state index contributed by atoms with van der Waals surface area (Å²) in [4.78, 5) is 27.6. The largest absolute Gasteiger partial charge is 0.495 e. The number of nitrogens with zero attached hydrogens (tertiary/aromatic N) is 2. The quantitative estimate of drug-likeness (QED) is 0.544. The normalized spacial score (nSPS) is 10.9. The summed E-state index contributed by atoms with van der Waals surface area (Å²) in [5.74, 6) is 0.0123. The summed E-state index contributed by atoms with van der Waals surface area (Å²) >= 11 is 0. The second kappa shape index (κ2) is 8.81. The predicted molar refractivity (Wildman–Crippen MR) is 107 cm³/mol. The molecule has 0 radical (unpaired) electrons. The van der Waals surface area contributed by atoms with Gasteiger partial charge in [0.1, 0.15) is 5.75 Å². The molecule has 0 saturated heterocycles. The van der Waals surface area contributed by atoms with Crippen LogP contribution in [0.1, 0.15) is 28.5 Å². The van der Waals surface area contributed by atoms with Gasteiger partial charge in [-0.25, -0.2) is 0 Å². The standard InChI is InChI=1S/C20H21N5O3/c1-13(26)22-10-11-23-20(27)15-6-8-17-18(19(15)28-2)16(24-25-17)7-5-14-4-3-9-21-12-14/h3-9,12H,10-11H2,1-2H3,(H,22,26)(H,23,27)(H,24,25)/b7-5+.